The van der Waals surface area contributed by atoms with E-state index < -0.39 is 80.4 Å². The van der Waals surface area contributed by atoms with Crippen LogP contribution in [-0.4, -0.2) is 201 Å². The van der Waals surface area contributed by atoms with Crippen LogP contribution in [0.1, 0.15) is 234 Å². The number of carbonyl (C=O) groups is 4. The second kappa shape index (κ2) is 40.0. The van der Waals surface area contributed by atoms with Crippen LogP contribution >= 0.6 is 0 Å². The van der Waals surface area contributed by atoms with Crippen LogP contribution in [0.2, 0.25) is 0 Å². The molecule has 14 aromatic rings. The van der Waals surface area contributed by atoms with Gasteiger partial charge in [-0.1, -0.05) is 63.1 Å². The fraction of sp³-hybridized carbons (Fsp3) is 0.485. The molecule has 46 heteroatoms. The molecule has 0 atom stereocenters. The van der Waals surface area contributed by atoms with Crippen molar-refractivity contribution in [2.45, 2.75) is 319 Å². The Morgan fingerprint density at radius 3 is 0.852 bits per heavy atom. The zero-order valence-corrected chi connectivity index (χ0v) is 91.1. The van der Waals surface area contributed by atoms with Gasteiger partial charge in [-0.3, -0.25) is 29.8 Å². The molecule has 1 saturated carbocycles. The summed E-state index contributed by atoms with van der Waals surface area (Å²) in [5.41, 5.74) is 13.2. The first kappa shape index (κ1) is 110. The highest BCUT2D eigenvalue weighted by atomic mass is 16.7. The lowest BCUT2D eigenvalue weighted by Crippen LogP contribution is -2.41. The van der Waals surface area contributed by atoms with Crippen molar-refractivity contribution < 1.29 is 116 Å². The molecule has 7 aliphatic heterocycles. The highest BCUT2D eigenvalue weighted by Crippen LogP contribution is 2.45. The van der Waals surface area contributed by atoms with Gasteiger partial charge >= 0.3 is 61.9 Å². The van der Waals surface area contributed by atoms with Gasteiger partial charge in [-0.15, -0.1) is 0 Å². The van der Waals surface area contributed by atoms with Gasteiger partial charge in [0.2, 0.25) is 23.6 Å². The summed E-state index contributed by atoms with van der Waals surface area (Å²) >= 11 is 0. The third kappa shape index (κ3) is 23.1. The topological polar surface area (TPSA) is 478 Å². The summed E-state index contributed by atoms with van der Waals surface area (Å²) in [5.74, 6) is 1.52. The number of carbonyl (C=O) groups excluding carboxylic acids is 4. The number of amides is 4. The molecule has 7 aromatic carbocycles. The second-order valence-electron chi connectivity index (χ2n) is 45.4. The smallest absolute Gasteiger partial charge is 0.424 e. The maximum absolute atomic E-state index is 11.2. The number of fused-ring (bicyclic) bond motifs is 7. The molecule has 1 aliphatic carbocycles. The minimum Gasteiger partial charge on any atom is -0.424 e. The van der Waals surface area contributed by atoms with E-state index in [-0.39, 0.29) is 89.5 Å². The predicted molar refractivity (Wildman–Crippen MR) is 576 cm³/mol. The summed E-state index contributed by atoms with van der Waals surface area (Å²) in [7, 11) is -1.13. The molecule has 7 saturated heterocycles. The average molecular weight is 2040 g/mol. The molecule has 14 heterocycles. The summed E-state index contributed by atoms with van der Waals surface area (Å²) in [6.07, 6.45) is 2.40. The Hall–Kier alpha value is -12.0. The van der Waals surface area contributed by atoms with Crippen LogP contribution in [-0.2, 0) is 84.3 Å². The van der Waals surface area contributed by atoms with Gasteiger partial charge in [0.1, 0.15) is 16.6 Å². The normalized spacial score (nSPS) is 20.4. The molecular formula is C103H133B7N14O25. The number of nitrogens with one attached hydrogen (secondary N) is 6. The second-order valence-corrected chi connectivity index (χ2v) is 45.4. The highest BCUT2D eigenvalue weighted by molar-refractivity contribution is 6.65. The van der Waals surface area contributed by atoms with E-state index in [0.29, 0.717) is 62.1 Å². The number of rotatable bonds is 14. The van der Waals surface area contributed by atoms with Gasteiger partial charge in [-0.05, 0) is 330 Å². The molecule has 8 aliphatic rings. The van der Waals surface area contributed by atoms with Gasteiger partial charge in [-0.25, -0.2) is 0 Å². The van der Waals surface area contributed by atoms with E-state index in [1.54, 1.807) is 12.1 Å². The van der Waals surface area contributed by atoms with Crippen LogP contribution in [0.25, 0.3) is 77.2 Å². The fourth-order valence-corrected chi connectivity index (χ4v) is 16.2. The van der Waals surface area contributed by atoms with Crippen molar-refractivity contribution in [1.82, 2.24) is 35.6 Å². The minimum atomic E-state index is -0.463. The molecule has 8 fully saturated rings. The maximum atomic E-state index is 11.2. The monoisotopic (exact) mass is 2040 g/mol. The van der Waals surface area contributed by atoms with Crippen LogP contribution in [0.4, 0.5) is 41.3 Å². The van der Waals surface area contributed by atoms with Crippen LogP contribution in [0, 0.1) is 0 Å². The number of nitrogens with zero attached hydrogens (tertiary/aromatic N) is 7. The number of nitrogen functional groups attached to an aromatic ring is 1. The lowest BCUT2D eigenvalue weighted by Gasteiger charge is -2.32. The van der Waals surface area contributed by atoms with Gasteiger partial charge in [0.15, 0.2) is 62.4 Å². The lowest BCUT2D eigenvalue weighted by molar-refractivity contribution is -0.115. The van der Waals surface area contributed by atoms with Crippen molar-refractivity contribution in [2.24, 2.45) is 0 Å². The zero-order valence-electron chi connectivity index (χ0n) is 91.1. The third-order valence-electron chi connectivity index (χ3n) is 30.2. The number of hydrogen-bond donors (Lipinski definition) is 7. The largest absolute Gasteiger partial charge is 0.494 e. The summed E-state index contributed by atoms with van der Waals surface area (Å²) < 4.78 is 122. The molecule has 0 spiro atoms. The maximum Gasteiger partial charge on any atom is 0.494 e. The molecular weight excluding hydrogens is 1910 g/mol. The number of benzene rings is 7. The molecule has 0 bridgehead atoms. The van der Waals surface area contributed by atoms with Crippen molar-refractivity contribution in [3.63, 3.8) is 0 Å². The first-order valence-corrected chi connectivity index (χ1v) is 49.8. The SMILES string of the molecule is CC(=O)Nc1nc2cc(B3OC(C)(C)C(C)(C)O3)ccc2o1.CC(=O)Nc1nc2ccc(B3OC(C)(C)C(C)(C)O3)cc2o1.CC(=O)Nc1noc2cc(B3OC(C)(C)C(C)(C)O3)ccc12.CC(=O)Nc1noc2ccc(B3OC(C)(C)C(C)(C)O3)cc12.CC1(C)OB(c2ccc3oc(N)nc3c2)OC1(C)C.CC1(C)OB(c2ccc3onc(NC4CC4)c3c2)OC1(C)C.CNc1noc2ccc(B3OC(C)(C)C(C)(C)O3)cc12. The highest BCUT2D eigenvalue weighted by Gasteiger charge is 2.59. The van der Waals surface area contributed by atoms with Crippen molar-refractivity contribution in [2.75, 3.05) is 44.7 Å². The number of anilines is 7. The summed E-state index contributed by atoms with van der Waals surface area (Å²) in [4.78, 5) is 57.0. The van der Waals surface area contributed by atoms with Crippen molar-refractivity contribution in [3.8, 4) is 0 Å². The van der Waals surface area contributed by atoms with Gasteiger partial charge in [0.25, 0.3) is 6.01 Å². The minimum absolute atomic E-state index is 0.168. The Balaban J connectivity index is 0.000000124. The molecule has 39 nitrogen and oxygen atoms in total. The number of aromatic nitrogens is 7. The summed E-state index contributed by atoms with van der Waals surface area (Å²) in [5, 5.41) is 36.0. The van der Waals surface area contributed by atoms with Crippen LogP contribution in [0.3, 0.4) is 0 Å². The molecule has 4 amide bonds. The molecule has 0 unspecified atom stereocenters. The number of nitrogens with two attached hydrogens (primary N) is 1. The molecule has 786 valence electrons. The van der Waals surface area contributed by atoms with Crippen LogP contribution in [0.5, 0.6) is 0 Å². The molecule has 149 heavy (non-hydrogen) atoms. The molecule has 22 rings (SSSR count). The third-order valence-corrected chi connectivity index (χ3v) is 30.2. The lowest BCUT2D eigenvalue weighted by atomic mass is 9.78. The van der Waals surface area contributed by atoms with E-state index in [2.05, 4.69) is 101 Å². The van der Waals surface area contributed by atoms with E-state index in [4.69, 9.17) is 102 Å². The van der Waals surface area contributed by atoms with Gasteiger partial charge < -0.3 is 124 Å². The van der Waals surface area contributed by atoms with E-state index in [9.17, 15) is 19.2 Å². The van der Waals surface area contributed by atoms with Gasteiger partial charge in [0.05, 0.1) is 100.0 Å². The van der Waals surface area contributed by atoms with Crippen molar-refractivity contribution in [1.29, 1.82) is 0 Å². The van der Waals surface area contributed by atoms with Crippen molar-refractivity contribution >= 4 is 230 Å². The van der Waals surface area contributed by atoms with E-state index in [1.807, 2.05) is 282 Å². The van der Waals surface area contributed by atoms with E-state index in [0.717, 1.165) is 82.6 Å². The first-order valence-electron chi connectivity index (χ1n) is 49.8. The van der Waals surface area contributed by atoms with E-state index >= 15 is 0 Å². The average Bonchev–Trinajstić information content (AvgIpc) is 1.61. The Morgan fingerprint density at radius 1 is 0.268 bits per heavy atom. The van der Waals surface area contributed by atoms with Crippen LogP contribution in [0.15, 0.2) is 159 Å². The Labute approximate surface area is 867 Å². The fourth-order valence-electron chi connectivity index (χ4n) is 16.2. The Kier molecular flexibility index (Phi) is 29.4. The Bertz CT molecular complexity index is 7050. The zero-order chi connectivity index (χ0) is 108. The number of oxazole rings is 3. The first-order chi connectivity index (χ1) is 69.2. The quantitative estimate of drug-likeness (QED) is 0.0497. The molecule has 7 aromatic heterocycles. The standard InChI is InChI=1S/C16H21BN2O3.4C15H19BN2O4.C14H19BN2O3.C13H17BN2O3/c1-15(2)16(3,4)22-17(21-15)10-5-8-13-12(9-10)14(19-20-13)18-11-6-7-11;1-9(19)17-13-18-11-8-10(6-7-12(11)20-13)16-21-14(2,3)15(4,5)22-16;1-9(19)17-13-11-8-10(6-7-12(11)20-18-13)16-21-14(2,3)15(4,5)22-16;1-9(19)17-13-18-11-7-6-10(8-12(11)20-13)16-21-14(2,3)15(4,5)22-16;1-9(19)17-13-11-7-6-10(8-12(11)20-18-13)16-21-14(2,3)15(4,5)22-16;1-13(2)14(3,4)20-15(19-13)9-6-7-11-10(8-9)12(16-5)17-18-11;1-12(2)13(3,4)19-14(18-12)8-5-6-10-9(7-8)16-11(15)17-10/h5,8-9,11H,6-7H2,1-4H3,(H,18,19);4*6-8H,1-5H3,(H,17,18,19);6-8H,1-5H3,(H,16,17);5-7H,1-4H3,(H2,15,16). The van der Waals surface area contributed by atoms with Gasteiger partial charge in [-0.2, -0.15) is 15.0 Å². The summed E-state index contributed by atoms with van der Waals surface area (Å²) in [6, 6.07) is 40.7. The summed E-state index contributed by atoms with van der Waals surface area (Å²) in [6.45, 7) is 62.4. The predicted octanol–water partition coefficient (Wildman–Crippen LogP) is 14.9. The van der Waals surface area contributed by atoms with Crippen LogP contribution < -0.4 is 75.9 Å². The van der Waals surface area contributed by atoms with Crippen molar-refractivity contribution in [3.05, 3.63) is 127 Å². The van der Waals surface area contributed by atoms with Gasteiger partial charge in [0, 0.05) is 40.8 Å². The molecule has 0 radical (unpaired) electrons. The number of hydrogen-bond acceptors (Lipinski definition) is 35. The van der Waals surface area contributed by atoms with E-state index in [1.165, 1.54) is 40.5 Å². The molecule has 8 N–H and O–H groups in total. The Morgan fingerprint density at radius 2 is 0.517 bits per heavy atom.